The lowest BCUT2D eigenvalue weighted by atomic mass is 10.2. The molecule has 0 bridgehead atoms. The summed E-state index contributed by atoms with van der Waals surface area (Å²) in [5.74, 6) is 1.33. The molecule has 1 N–H and O–H groups in total. The van der Waals surface area contributed by atoms with Gasteiger partial charge in [-0.2, -0.15) is 4.98 Å². The molecular formula is C14H18ClN5O4. The summed E-state index contributed by atoms with van der Waals surface area (Å²) >= 11 is 0. The summed E-state index contributed by atoms with van der Waals surface area (Å²) in [5.41, 5.74) is -0.0244. The Morgan fingerprint density at radius 3 is 3.12 bits per heavy atom. The summed E-state index contributed by atoms with van der Waals surface area (Å²) in [6.45, 7) is 2.69. The van der Waals surface area contributed by atoms with Gasteiger partial charge in [0.2, 0.25) is 0 Å². The first-order valence-corrected chi connectivity index (χ1v) is 7.24. The average Bonchev–Trinajstić information content (AvgIpc) is 3.02. The first-order valence-electron chi connectivity index (χ1n) is 7.24. The van der Waals surface area contributed by atoms with Gasteiger partial charge in [0, 0.05) is 25.7 Å². The maximum atomic E-state index is 10.7. The number of nitrogens with zero attached hydrogens (tertiary/aromatic N) is 4. The van der Waals surface area contributed by atoms with Crippen molar-refractivity contribution in [1.82, 2.24) is 20.4 Å². The van der Waals surface area contributed by atoms with Crippen molar-refractivity contribution < 1.29 is 14.2 Å². The predicted octanol–water partition coefficient (Wildman–Crippen LogP) is 1.55. The van der Waals surface area contributed by atoms with Gasteiger partial charge in [-0.15, -0.1) is 12.4 Å². The molecule has 10 heteroatoms. The van der Waals surface area contributed by atoms with Gasteiger partial charge < -0.3 is 14.6 Å². The minimum Gasteiger partial charge on any atom is -0.484 e. The third-order valence-electron chi connectivity index (χ3n) is 3.68. The normalized spacial score (nSPS) is 18.0. The molecule has 0 amide bonds. The minimum atomic E-state index is -0.469. The van der Waals surface area contributed by atoms with E-state index in [-0.39, 0.29) is 30.7 Å². The largest absolute Gasteiger partial charge is 0.484 e. The molecule has 1 aromatic heterocycles. The lowest BCUT2D eigenvalue weighted by molar-refractivity contribution is -0.384. The number of halogens is 1. The summed E-state index contributed by atoms with van der Waals surface area (Å²) in [6.07, 6.45) is 0. The molecule has 24 heavy (non-hydrogen) atoms. The Labute approximate surface area is 144 Å². The summed E-state index contributed by atoms with van der Waals surface area (Å²) in [4.78, 5) is 16.8. The van der Waals surface area contributed by atoms with Crippen LogP contribution in [0.3, 0.4) is 0 Å². The molecule has 1 aromatic carbocycles. The van der Waals surface area contributed by atoms with Gasteiger partial charge in [-0.25, -0.2) is 0 Å². The van der Waals surface area contributed by atoms with E-state index >= 15 is 0 Å². The van der Waals surface area contributed by atoms with E-state index in [4.69, 9.17) is 9.26 Å². The van der Waals surface area contributed by atoms with E-state index in [1.165, 1.54) is 12.1 Å². The zero-order valence-corrected chi connectivity index (χ0v) is 13.9. The highest BCUT2D eigenvalue weighted by Gasteiger charge is 2.25. The van der Waals surface area contributed by atoms with Gasteiger partial charge in [0.15, 0.2) is 12.4 Å². The van der Waals surface area contributed by atoms with Crippen molar-refractivity contribution in [3.05, 3.63) is 46.1 Å². The number of likely N-dealkylation sites (N-methyl/N-ethyl adjacent to an activating group) is 1. The van der Waals surface area contributed by atoms with E-state index in [1.54, 1.807) is 12.1 Å². The first-order chi connectivity index (χ1) is 11.1. The van der Waals surface area contributed by atoms with Crippen LogP contribution in [0.4, 0.5) is 5.69 Å². The molecule has 9 nitrogen and oxygen atoms in total. The van der Waals surface area contributed by atoms with Crippen LogP contribution < -0.4 is 10.1 Å². The maximum Gasteiger partial charge on any atom is 0.273 e. The Bertz CT molecular complexity index is 695. The highest BCUT2D eigenvalue weighted by Crippen LogP contribution is 2.21. The number of piperazine rings is 1. The molecule has 130 valence electrons. The Morgan fingerprint density at radius 1 is 1.54 bits per heavy atom. The molecule has 2 heterocycles. The van der Waals surface area contributed by atoms with Crippen molar-refractivity contribution in [1.29, 1.82) is 0 Å². The van der Waals surface area contributed by atoms with Crippen LogP contribution in [-0.2, 0) is 6.61 Å². The van der Waals surface area contributed by atoms with Crippen molar-refractivity contribution in [3.63, 3.8) is 0 Å². The Kier molecular flexibility index (Phi) is 6.07. The van der Waals surface area contributed by atoms with E-state index in [1.807, 2.05) is 7.05 Å². The molecule has 1 atom stereocenters. The van der Waals surface area contributed by atoms with Crippen LogP contribution in [-0.4, -0.2) is 46.6 Å². The number of ether oxygens (including phenoxy) is 1. The van der Waals surface area contributed by atoms with E-state index in [2.05, 4.69) is 20.4 Å². The van der Waals surface area contributed by atoms with E-state index in [9.17, 15) is 10.1 Å². The molecule has 1 unspecified atom stereocenters. The number of hydrogen-bond donors (Lipinski definition) is 1. The van der Waals surface area contributed by atoms with Crippen molar-refractivity contribution in [2.45, 2.75) is 12.6 Å². The number of hydrogen-bond acceptors (Lipinski definition) is 8. The number of non-ortho nitro benzene ring substituents is 1. The van der Waals surface area contributed by atoms with Crippen LogP contribution >= 0.6 is 12.4 Å². The van der Waals surface area contributed by atoms with Crippen LogP contribution in [0.15, 0.2) is 28.8 Å². The number of nitro benzene ring substituents is 1. The second kappa shape index (κ2) is 8.04. The molecule has 1 aliphatic rings. The van der Waals surface area contributed by atoms with Gasteiger partial charge in [-0.3, -0.25) is 15.0 Å². The number of benzene rings is 1. The van der Waals surface area contributed by atoms with Crippen LogP contribution in [0.2, 0.25) is 0 Å². The summed E-state index contributed by atoms with van der Waals surface area (Å²) < 4.78 is 10.7. The maximum absolute atomic E-state index is 10.7. The third kappa shape index (κ3) is 4.19. The molecular weight excluding hydrogens is 338 g/mol. The Morgan fingerprint density at radius 2 is 2.38 bits per heavy atom. The van der Waals surface area contributed by atoms with Crippen molar-refractivity contribution in [3.8, 4) is 5.75 Å². The molecule has 1 saturated heterocycles. The Balaban J connectivity index is 0.00000208. The summed E-state index contributed by atoms with van der Waals surface area (Å²) in [7, 11) is 2.02. The smallest absolute Gasteiger partial charge is 0.273 e. The second-order valence-corrected chi connectivity index (χ2v) is 5.29. The van der Waals surface area contributed by atoms with E-state index in [0.29, 0.717) is 17.5 Å². The topological polar surface area (TPSA) is 107 Å². The van der Waals surface area contributed by atoms with Crippen molar-refractivity contribution in [2.24, 2.45) is 0 Å². The number of aromatic nitrogens is 2. The van der Waals surface area contributed by atoms with Crippen LogP contribution in [0.1, 0.15) is 17.8 Å². The fourth-order valence-corrected chi connectivity index (χ4v) is 2.39. The highest BCUT2D eigenvalue weighted by molar-refractivity contribution is 5.85. The second-order valence-electron chi connectivity index (χ2n) is 5.29. The van der Waals surface area contributed by atoms with Crippen LogP contribution in [0.25, 0.3) is 0 Å². The lowest BCUT2D eigenvalue weighted by Crippen LogP contribution is -2.44. The average molecular weight is 356 g/mol. The van der Waals surface area contributed by atoms with E-state index in [0.717, 1.165) is 19.6 Å². The lowest BCUT2D eigenvalue weighted by Gasteiger charge is -2.30. The van der Waals surface area contributed by atoms with Gasteiger partial charge in [0.1, 0.15) is 5.75 Å². The fraction of sp³-hybridized carbons (Fsp3) is 0.429. The van der Waals surface area contributed by atoms with Gasteiger partial charge in [0.05, 0.1) is 17.0 Å². The number of rotatable bonds is 5. The number of nitrogens with one attached hydrogen (secondary N) is 1. The minimum absolute atomic E-state index is 0. The van der Waals surface area contributed by atoms with Gasteiger partial charge in [-0.05, 0) is 13.1 Å². The molecule has 3 rings (SSSR count). The standard InChI is InChI=1S/C14H17N5O4.ClH/c1-18-6-5-15-8-12(18)14-16-13(23-17-14)9-22-11-4-2-3-10(7-11)19(20)21;/h2-4,7,12,15H,5-6,8-9H2,1H3;1H. The van der Waals surface area contributed by atoms with Crippen molar-refractivity contribution in [2.75, 3.05) is 26.7 Å². The zero-order chi connectivity index (χ0) is 16.2. The van der Waals surface area contributed by atoms with Crippen LogP contribution in [0.5, 0.6) is 5.75 Å². The predicted molar refractivity (Wildman–Crippen MR) is 87.2 cm³/mol. The van der Waals surface area contributed by atoms with Gasteiger partial charge in [-0.1, -0.05) is 11.2 Å². The molecule has 0 radical (unpaired) electrons. The number of nitro groups is 1. The molecule has 1 fully saturated rings. The summed E-state index contributed by atoms with van der Waals surface area (Å²) in [6, 6.07) is 6.04. The zero-order valence-electron chi connectivity index (χ0n) is 13.0. The third-order valence-corrected chi connectivity index (χ3v) is 3.68. The molecule has 0 saturated carbocycles. The monoisotopic (exact) mass is 355 g/mol. The summed E-state index contributed by atoms with van der Waals surface area (Å²) in [5, 5.41) is 18.0. The fourth-order valence-electron chi connectivity index (χ4n) is 2.39. The SMILES string of the molecule is CN1CCNCC1c1noc(COc2cccc([N+](=O)[O-])c2)n1.Cl. The molecule has 0 spiro atoms. The first kappa shape index (κ1) is 18.1. The van der Waals surface area contributed by atoms with Crippen LogP contribution in [0, 0.1) is 10.1 Å². The Hall–Kier alpha value is -2.23. The van der Waals surface area contributed by atoms with E-state index < -0.39 is 4.92 Å². The quantitative estimate of drug-likeness (QED) is 0.636. The molecule has 0 aliphatic carbocycles. The van der Waals surface area contributed by atoms with Gasteiger partial charge in [0.25, 0.3) is 11.6 Å². The van der Waals surface area contributed by atoms with Crippen molar-refractivity contribution >= 4 is 18.1 Å². The molecule has 2 aromatic rings. The molecule has 1 aliphatic heterocycles. The van der Waals surface area contributed by atoms with Gasteiger partial charge >= 0.3 is 0 Å². The highest BCUT2D eigenvalue weighted by atomic mass is 35.5.